The summed E-state index contributed by atoms with van der Waals surface area (Å²) < 4.78 is 0. The largest absolute Gasteiger partial charge is 0.392 e. The van der Waals surface area contributed by atoms with Crippen molar-refractivity contribution in [2.75, 3.05) is 6.61 Å². The maximum absolute atomic E-state index is 7.95. The molecule has 1 heteroatoms. The van der Waals surface area contributed by atoms with Crippen LogP contribution < -0.4 is 0 Å². The van der Waals surface area contributed by atoms with E-state index in [9.17, 15) is 0 Å². The molecular formula is C4H7O. The second-order valence-electron chi connectivity index (χ2n) is 0.675. The highest BCUT2D eigenvalue weighted by Crippen LogP contribution is 1.58. The zero-order valence-corrected chi connectivity index (χ0v) is 3.23. The number of aliphatic hydroxyl groups is 1. The summed E-state index contributed by atoms with van der Waals surface area (Å²) in [5, 5.41) is 7.95. The van der Waals surface area contributed by atoms with Crippen LogP contribution in [0.1, 0.15) is 6.92 Å². The molecule has 5 heavy (non-hydrogen) atoms. The number of hydrogen-bond donors (Lipinski definition) is 1. The predicted octanol–water partition coefficient (Wildman–Crippen LogP) is 0.358. The van der Waals surface area contributed by atoms with E-state index in [1.54, 1.807) is 13.0 Å². The highest BCUT2D eigenvalue weighted by atomic mass is 16.2. The molecule has 0 fully saturated rings. The first-order chi connectivity index (χ1) is 2.41. The monoisotopic (exact) mass is 71.0 g/mol. The van der Waals surface area contributed by atoms with Crippen LogP contribution in [0, 0.1) is 6.08 Å². The summed E-state index contributed by atoms with van der Waals surface area (Å²) in [5.41, 5.74) is 0. The molecular weight excluding hydrogens is 64.0 g/mol. The van der Waals surface area contributed by atoms with Gasteiger partial charge in [-0.3, -0.25) is 0 Å². The highest BCUT2D eigenvalue weighted by Gasteiger charge is 1.53. The molecule has 0 aliphatic rings. The van der Waals surface area contributed by atoms with Crippen LogP contribution in [0.2, 0.25) is 0 Å². The Balaban J connectivity index is 2.62. The minimum Gasteiger partial charge on any atom is -0.392 e. The van der Waals surface area contributed by atoms with Gasteiger partial charge in [0.1, 0.15) is 0 Å². The van der Waals surface area contributed by atoms with Gasteiger partial charge in [-0.25, -0.2) is 0 Å². The maximum Gasteiger partial charge on any atom is 0.0618 e. The van der Waals surface area contributed by atoms with E-state index in [-0.39, 0.29) is 6.61 Å². The summed E-state index contributed by atoms with van der Waals surface area (Å²) in [6.45, 7) is 1.85. The van der Waals surface area contributed by atoms with Crippen molar-refractivity contribution < 1.29 is 5.11 Å². The van der Waals surface area contributed by atoms with Gasteiger partial charge >= 0.3 is 0 Å². The number of aliphatic hydroxyl groups excluding tert-OH is 1. The molecule has 0 aromatic rings. The lowest BCUT2D eigenvalue weighted by Gasteiger charge is -1.65. The molecule has 0 saturated heterocycles. The molecule has 0 aliphatic heterocycles. The van der Waals surface area contributed by atoms with Crippen LogP contribution in [0.25, 0.3) is 0 Å². The van der Waals surface area contributed by atoms with Crippen molar-refractivity contribution in [3.05, 3.63) is 12.2 Å². The van der Waals surface area contributed by atoms with E-state index >= 15 is 0 Å². The van der Waals surface area contributed by atoms with Gasteiger partial charge in [0.15, 0.2) is 0 Å². The molecule has 1 N–H and O–H groups in total. The molecule has 0 saturated carbocycles. The summed E-state index contributed by atoms with van der Waals surface area (Å²) in [6.07, 6.45) is 4.20. The molecule has 0 aliphatic carbocycles. The van der Waals surface area contributed by atoms with Crippen molar-refractivity contribution in [1.82, 2.24) is 0 Å². The molecule has 0 heterocycles. The molecule has 1 radical (unpaired) electrons. The molecule has 1 nitrogen and oxygen atoms in total. The fourth-order valence-electron chi connectivity index (χ4n) is 0.0913. The second-order valence-corrected chi connectivity index (χ2v) is 0.675. The molecule has 0 aromatic heterocycles. The molecule has 0 rings (SSSR count). The van der Waals surface area contributed by atoms with Gasteiger partial charge in [-0.1, -0.05) is 12.2 Å². The predicted molar refractivity (Wildman–Crippen MR) is 20.6 cm³/mol. The van der Waals surface area contributed by atoms with Crippen LogP contribution in [0.3, 0.4) is 0 Å². The fourth-order valence-corrected chi connectivity index (χ4v) is 0.0913. The minimum absolute atomic E-state index is 0.108. The van der Waals surface area contributed by atoms with Crippen LogP contribution in [0.15, 0.2) is 6.08 Å². The Morgan fingerprint density at radius 2 is 2.60 bits per heavy atom. The van der Waals surface area contributed by atoms with Gasteiger partial charge < -0.3 is 5.11 Å². The third-order valence-corrected chi connectivity index (χ3v) is 0.295. The second kappa shape index (κ2) is 3.70. The molecule has 0 aromatic carbocycles. The van der Waals surface area contributed by atoms with Gasteiger partial charge in [0.05, 0.1) is 6.61 Å². The smallest absolute Gasteiger partial charge is 0.0618 e. The molecule has 29 valence electrons. The summed E-state index contributed by atoms with van der Waals surface area (Å²) in [7, 11) is 0. The van der Waals surface area contributed by atoms with Crippen molar-refractivity contribution in [2.45, 2.75) is 6.92 Å². The van der Waals surface area contributed by atoms with Gasteiger partial charge in [-0.15, -0.1) is 0 Å². The van der Waals surface area contributed by atoms with Crippen LogP contribution in [0.4, 0.5) is 0 Å². The number of hydrogen-bond acceptors (Lipinski definition) is 1. The average Bonchev–Trinajstić information content (AvgIpc) is 1.41. The van der Waals surface area contributed by atoms with Gasteiger partial charge in [0, 0.05) is 0 Å². The Kier molecular flexibility index (Phi) is 3.48. The lowest BCUT2D eigenvalue weighted by molar-refractivity contribution is 0.342. The Hall–Kier alpha value is -0.300. The Bertz CT molecular complexity index is 30.6. The minimum atomic E-state index is 0.108. The van der Waals surface area contributed by atoms with Gasteiger partial charge in [0.25, 0.3) is 0 Å². The van der Waals surface area contributed by atoms with E-state index in [0.717, 1.165) is 0 Å². The van der Waals surface area contributed by atoms with Crippen LogP contribution in [-0.4, -0.2) is 11.7 Å². The van der Waals surface area contributed by atoms with Crippen LogP contribution in [-0.2, 0) is 0 Å². The van der Waals surface area contributed by atoms with Crippen molar-refractivity contribution in [3.63, 3.8) is 0 Å². The fraction of sp³-hybridized carbons (Fsp3) is 0.500. The first-order valence-corrected chi connectivity index (χ1v) is 1.51. The lowest BCUT2D eigenvalue weighted by Crippen LogP contribution is -1.66. The van der Waals surface area contributed by atoms with Crippen molar-refractivity contribution in [1.29, 1.82) is 0 Å². The van der Waals surface area contributed by atoms with Gasteiger partial charge in [-0.2, -0.15) is 0 Å². The lowest BCUT2D eigenvalue weighted by atomic mass is 10.6. The third kappa shape index (κ3) is 3.70. The molecule has 0 atom stereocenters. The number of rotatable bonds is 1. The summed E-state index contributed by atoms with van der Waals surface area (Å²) in [4.78, 5) is 0. The van der Waals surface area contributed by atoms with Crippen LogP contribution >= 0.6 is 0 Å². The van der Waals surface area contributed by atoms with E-state index in [4.69, 9.17) is 5.11 Å². The number of allylic oxidation sites excluding steroid dienone is 1. The van der Waals surface area contributed by atoms with Crippen molar-refractivity contribution in [3.8, 4) is 0 Å². The van der Waals surface area contributed by atoms with E-state index in [1.807, 2.05) is 0 Å². The Labute approximate surface area is 31.9 Å². The van der Waals surface area contributed by atoms with E-state index < -0.39 is 0 Å². The first kappa shape index (κ1) is 4.70. The average molecular weight is 71.1 g/mol. The SMILES string of the molecule is C/[C]=C/CO. The third-order valence-electron chi connectivity index (χ3n) is 0.295. The van der Waals surface area contributed by atoms with Crippen molar-refractivity contribution >= 4 is 0 Å². The molecule has 0 unspecified atom stereocenters. The van der Waals surface area contributed by atoms with Crippen LogP contribution in [0.5, 0.6) is 0 Å². The Morgan fingerprint density at radius 3 is 2.60 bits per heavy atom. The summed E-state index contributed by atoms with van der Waals surface area (Å²) in [5.74, 6) is 0. The maximum atomic E-state index is 7.95. The summed E-state index contributed by atoms with van der Waals surface area (Å²) in [6, 6.07) is 0. The Morgan fingerprint density at radius 1 is 2.00 bits per heavy atom. The van der Waals surface area contributed by atoms with Crippen molar-refractivity contribution in [2.24, 2.45) is 0 Å². The standard InChI is InChI=1S/C4H7O/c1-2-3-4-5/h3,5H,4H2,1H3. The van der Waals surface area contributed by atoms with E-state index in [2.05, 4.69) is 6.08 Å². The quantitative estimate of drug-likeness (QED) is 0.473. The first-order valence-electron chi connectivity index (χ1n) is 1.51. The van der Waals surface area contributed by atoms with E-state index in [1.165, 1.54) is 0 Å². The zero-order chi connectivity index (χ0) is 4.12. The molecule has 0 amide bonds. The van der Waals surface area contributed by atoms with Gasteiger partial charge in [-0.05, 0) is 6.92 Å². The normalized spacial score (nSPS) is 10.0. The van der Waals surface area contributed by atoms with Gasteiger partial charge in [0.2, 0.25) is 0 Å². The molecule has 0 bridgehead atoms. The summed E-state index contributed by atoms with van der Waals surface area (Å²) >= 11 is 0. The topological polar surface area (TPSA) is 20.2 Å². The van der Waals surface area contributed by atoms with E-state index in [0.29, 0.717) is 0 Å². The molecule has 0 spiro atoms. The zero-order valence-electron chi connectivity index (χ0n) is 3.23. The highest BCUT2D eigenvalue weighted by molar-refractivity contribution is 4.65.